The molecule has 0 saturated carbocycles. The second-order valence-corrected chi connectivity index (χ2v) is 7.31. The maximum Gasteiger partial charge on any atom is 0.424 e. The highest BCUT2D eigenvalue weighted by atomic mass is 32.2. The molecule has 0 N–H and O–H groups in total. The van der Waals surface area contributed by atoms with Crippen LogP contribution < -0.4 is 0 Å². The van der Waals surface area contributed by atoms with E-state index in [-0.39, 0.29) is 11.4 Å². The van der Waals surface area contributed by atoms with Crippen molar-refractivity contribution in [3.63, 3.8) is 0 Å². The van der Waals surface area contributed by atoms with E-state index in [0.717, 1.165) is 4.31 Å². The molecule has 0 heterocycles. The molecule has 5 nitrogen and oxygen atoms in total. The smallest absolute Gasteiger partial charge is 0.424 e. The van der Waals surface area contributed by atoms with Gasteiger partial charge < -0.3 is 4.74 Å². The van der Waals surface area contributed by atoms with E-state index >= 15 is 0 Å². The van der Waals surface area contributed by atoms with E-state index in [2.05, 4.69) is 6.58 Å². The van der Waals surface area contributed by atoms with Crippen molar-refractivity contribution >= 4 is 16.1 Å². The number of amides is 1. The minimum Gasteiger partial charge on any atom is -0.443 e. The standard InChI is InChI=1S/C15H21NO4S/c1-5-6-12-16(14(17)20-15(2,3)4)21(18,19)13-10-8-7-9-11-13/h5,7-11H,1,6,12H2,2-4H3. The predicted octanol–water partition coefficient (Wildman–Crippen LogP) is 3.19. The quantitative estimate of drug-likeness (QED) is 0.783. The first kappa shape index (κ1) is 17.2. The van der Waals surface area contributed by atoms with E-state index in [1.807, 2.05) is 0 Å². The zero-order valence-corrected chi connectivity index (χ0v) is 13.4. The lowest BCUT2D eigenvalue weighted by Crippen LogP contribution is -2.41. The molecule has 0 aliphatic rings. The van der Waals surface area contributed by atoms with Gasteiger partial charge in [-0.15, -0.1) is 6.58 Å². The number of carbonyl (C=O) groups is 1. The Morgan fingerprint density at radius 3 is 2.33 bits per heavy atom. The Morgan fingerprint density at radius 1 is 1.29 bits per heavy atom. The van der Waals surface area contributed by atoms with Gasteiger partial charge in [0, 0.05) is 6.54 Å². The molecule has 116 valence electrons. The van der Waals surface area contributed by atoms with E-state index < -0.39 is 21.7 Å². The predicted molar refractivity (Wildman–Crippen MR) is 81.4 cm³/mol. The summed E-state index contributed by atoms with van der Waals surface area (Å²) in [5.41, 5.74) is -0.768. The van der Waals surface area contributed by atoms with Crippen LogP contribution in [0.25, 0.3) is 0 Å². The van der Waals surface area contributed by atoms with Crippen molar-refractivity contribution < 1.29 is 17.9 Å². The second kappa shape index (κ2) is 6.76. The average Bonchev–Trinajstić information content (AvgIpc) is 2.38. The summed E-state index contributed by atoms with van der Waals surface area (Å²) in [6.07, 6.45) is 1.02. The highest BCUT2D eigenvalue weighted by molar-refractivity contribution is 7.89. The van der Waals surface area contributed by atoms with Crippen molar-refractivity contribution in [2.45, 2.75) is 37.7 Å². The molecule has 0 bridgehead atoms. The Balaban J connectivity index is 3.13. The minimum atomic E-state index is -3.93. The SMILES string of the molecule is C=CCCN(C(=O)OC(C)(C)C)S(=O)(=O)c1ccccc1. The third-order valence-electron chi connectivity index (χ3n) is 2.46. The van der Waals surface area contributed by atoms with Crippen molar-refractivity contribution in [2.75, 3.05) is 6.54 Å². The molecule has 21 heavy (non-hydrogen) atoms. The maximum absolute atomic E-state index is 12.6. The first-order valence-corrected chi connectivity index (χ1v) is 8.04. The molecule has 1 rings (SSSR count). The van der Waals surface area contributed by atoms with Crippen LogP contribution in [0.5, 0.6) is 0 Å². The Morgan fingerprint density at radius 2 is 1.86 bits per heavy atom. The van der Waals surface area contributed by atoms with Crippen molar-refractivity contribution in [2.24, 2.45) is 0 Å². The first-order valence-electron chi connectivity index (χ1n) is 6.60. The summed E-state index contributed by atoms with van der Waals surface area (Å²) in [5, 5.41) is 0. The zero-order valence-electron chi connectivity index (χ0n) is 12.6. The number of carbonyl (C=O) groups excluding carboxylic acids is 1. The highest BCUT2D eigenvalue weighted by Crippen LogP contribution is 2.19. The molecule has 0 aromatic heterocycles. The van der Waals surface area contributed by atoms with E-state index in [0.29, 0.717) is 6.42 Å². The van der Waals surface area contributed by atoms with Gasteiger partial charge in [0.05, 0.1) is 4.90 Å². The lowest BCUT2D eigenvalue weighted by Gasteiger charge is -2.26. The summed E-state index contributed by atoms with van der Waals surface area (Å²) >= 11 is 0. The van der Waals surface area contributed by atoms with E-state index in [1.54, 1.807) is 45.0 Å². The number of hydrogen-bond donors (Lipinski definition) is 0. The Bertz CT molecular complexity index is 588. The van der Waals surface area contributed by atoms with Gasteiger partial charge in [-0.05, 0) is 39.3 Å². The number of sulfonamides is 1. The fraction of sp³-hybridized carbons (Fsp3) is 0.400. The summed E-state index contributed by atoms with van der Waals surface area (Å²) in [4.78, 5) is 12.2. The molecule has 0 unspecified atom stereocenters. The van der Waals surface area contributed by atoms with Crippen LogP contribution in [0.15, 0.2) is 47.9 Å². The van der Waals surface area contributed by atoms with Gasteiger partial charge in [0.2, 0.25) is 0 Å². The van der Waals surface area contributed by atoms with Gasteiger partial charge in [-0.3, -0.25) is 0 Å². The summed E-state index contributed by atoms with van der Waals surface area (Å²) < 4.78 is 31.0. The first-order chi connectivity index (χ1) is 9.68. The van der Waals surface area contributed by atoms with Gasteiger partial charge in [-0.25, -0.2) is 17.5 Å². The van der Waals surface area contributed by atoms with Crippen LogP contribution in [-0.2, 0) is 14.8 Å². The largest absolute Gasteiger partial charge is 0.443 e. The molecule has 0 saturated heterocycles. The van der Waals surface area contributed by atoms with Gasteiger partial charge in [0.1, 0.15) is 5.60 Å². The fourth-order valence-corrected chi connectivity index (χ4v) is 2.89. The fourth-order valence-electron chi connectivity index (χ4n) is 1.55. The van der Waals surface area contributed by atoms with Crippen molar-refractivity contribution in [1.82, 2.24) is 4.31 Å². The molecule has 0 radical (unpaired) electrons. The summed E-state index contributed by atoms with van der Waals surface area (Å²) in [6, 6.07) is 7.81. The molecule has 0 fully saturated rings. The van der Waals surface area contributed by atoms with E-state index in [9.17, 15) is 13.2 Å². The molecule has 0 spiro atoms. The number of nitrogens with zero attached hydrogens (tertiary/aromatic N) is 1. The van der Waals surface area contributed by atoms with E-state index in [4.69, 9.17) is 4.74 Å². The lowest BCUT2D eigenvalue weighted by molar-refractivity contribution is 0.0393. The van der Waals surface area contributed by atoms with Gasteiger partial charge in [0.15, 0.2) is 0 Å². The van der Waals surface area contributed by atoms with Crippen LogP contribution in [0, 0.1) is 0 Å². The zero-order chi connectivity index (χ0) is 16.1. The van der Waals surface area contributed by atoms with Crippen LogP contribution in [-0.4, -0.2) is 31.0 Å². The van der Waals surface area contributed by atoms with Crippen molar-refractivity contribution in [3.05, 3.63) is 43.0 Å². The molecular formula is C15H21NO4S. The minimum absolute atomic E-state index is 0.00432. The molecule has 1 amide bonds. The van der Waals surface area contributed by atoms with Gasteiger partial charge in [-0.2, -0.15) is 0 Å². The van der Waals surface area contributed by atoms with E-state index in [1.165, 1.54) is 12.1 Å². The maximum atomic E-state index is 12.6. The monoisotopic (exact) mass is 311 g/mol. The van der Waals surface area contributed by atoms with Gasteiger partial charge >= 0.3 is 6.09 Å². The average molecular weight is 311 g/mol. The molecule has 0 aliphatic carbocycles. The van der Waals surface area contributed by atoms with Gasteiger partial charge in [0.25, 0.3) is 10.0 Å². The Labute approximate surface area is 126 Å². The Kier molecular flexibility index (Phi) is 5.54. The topological polar surface area (TPSA) is 63.7 Å². The highest BCUT2D eigenvalue weighted by Gasteiger charge is 2.32. The third kappa shape index (κ3) is 4.90. The summed E-state index contributed by atoms with van der Waals surface area (Å²) in [6.45, 7) is 8.60. The summed E-state index contributed by atoms with van der Waals surface area (Å²) in [7, 11) is -3.93. The molecular weight excluding hydrogens is 290 g/mol. The molecule has 0 aliphatic heterocycles. The molecule has 0 atom stereocenters. The molecule has 6 heteroatoms. The van der Waals surface area contributed by atoms with Crippen LogP contribution in [0.2, 0.25) is 0 Å². The van der Waals surface area contributed by atoms with Crippen LogP contribution in [0.3, 0.4) is 0 Å². The van der Waals surface area contributed by atoms with Crippen LogP contribution >= 0.6 is 0 Å². The number of rotatable bonds is 5. The van der Waals surface area contributed by atoms with Gasteiger partial charge in [-0.1, -0.05) is 24.3 Å². The summed E-state index contributed by atoms with van der Waals surface area (Å²) in [5.74, 6) is 0. The van der Waals surface area contributed by atoms with Crippen molar-refractivity contribution in [1.29, 1.82) is 0 Å². The Hall–Kier alpha value is -1.82. The number of benzene rings is 1. The van der Waals surface area contributed by atoms with Crippen LogP contribution in [0.1, 0.15) is 27.2 Å². The third-order valence-corrected chi connectivity index (χ3v) is 4.24. The van der Waals surface area contributed by atoms with Crippen molar-refractivity contribution in [3.8, 4) is 0 Å². The molecule has 1 aromatic rings. The van der Waals surface area contributed by atoms with Crippen LogP contribution in [0.4, 0.5) is 4.79 Å². The lowest BCUT2D eigenvalue weighted by atomic mass is 10.2. The number of ether oxygens (including phenoxy) is 1. The normalized spacial score (nSPS) is 11.8. The second-order valence-electron chi connectivity index (χ2n) is 5.45. The molecule has 1 aromatic carbocycles. The number of hydrogen-bond acceptors (Lipinski definition) is 4.